The molecule has 0 amide bonds. The number of nitrogens with zero attached hydrogens (tertiary/aromatic N) is 1. The molecule has 1 atom stereocenters. The molecule has 2 N–H and O–H groups in total. The predicted octanol–water partition coefficient (Wildman–Crippen LogP) is 2.90. The molecular weight excluding hydrogens is 275 g/mol. The van der Waals surface area contributed by atoms with Gasteiger partial charge in [-0.15, -0.1) is 0 Å². The third-order valence-electron chi connectivity index (χ3n) is 2.93. The molecule has 0 saturated heterocycles. The predicted molar refractivity (Wildman–Crippen MR) is 76.8 cm³/mol. The van der Waals surface area contributed by atoms with Gasteiger partial charge in [-0.1, -0.05) is 12.1 Å². The van der Waals surface area contributed by atoms with Crippen LogP contribution in [0.15, 0.2) is 41.3 Å². The van der Waals surface area contributed by atoms with Gasteiger partial charge in [0, 0.05) is 16.1 Å². The van der Waals surface area contributed by atoms with Gasteiger partial charge in [-0.2, -0.15) is 5.26 Å². The number of anilines is 1. The fraction of sp³-hybridized carbons (Fsp3) is 0.133. The highest BCUT2D eigenvalue weighted by Crippen LogP contribution is 2.21. The monoisotopic (exact) mass is 288 g/mol. The molecule has 2 aromatic rings. The highest BCUT2D eigenvalue weighted by atomic mass is 32.2. The number of rotatable bonds is 3. The lowest BCUT2D eigenvalue weighted by Crippen LogP contribution is -2.02. The standard InChI is InChI=1S/C15H13FN2OS/c1-10-7-13(18)5-6-14(10)20(19)9-12-4-2-3-11(8-17)15(12)16/h2-7H,9,18H2,1H3. The number of halogens is 1. The Bertz CT molecular complexity index is 722. The van der Waals surface area contributed by atoms with Gasteiger partial charge < -0.3 is 5.73 Å². The topological polar surface area (TPSA) is 66.9 Å². The quantitative estimate of drug-likeness (QED) is 0.883. The molecule has 0 heterocycles. The van der Waals surface area contributed by atoms with Gasteiger partial charge in [-0.25, -0.2) is 4.39 Å². The van der Waals surface area contributed by atoms with Crippen molar-refractivity contribution >= 4 is 16.5 Å². The second kappa shape index (κ2) is 5.85. The van der Waals surface area contributed by atoms with E-state index in [1.165, 1.54) is 6.07 Å². The first-order chi connectivity index (χ1) is 9.52. The van der Waals surface area contributed by atoms with Crippen LogP contribution in [0.5, 0.6) is 0 Å². The van der Waals surface area contributed by atoms with E-state index in [1.807, 2.05) is 6.92 Å². The second-order valence-corrected chi connectivity index (χ2v) is 5.82. The van der Waals surface area contributed by atoms with E-state index >= 15 is 0 Å². The maximum Gasteiger partial charge on any atom is 0.145 e. The molecule has 0 aliphatic rings. The van der Waals surface area contributed by atoms with E-state index in [0.717, 1.165) is 5.56 Å². The largest absolute Gasteiger partial charge is 0.399 e. The van der Waals surface area contributed by atoms with Crippen molar-refractivity contribution in [2.45, 2.75) is 17.6 Å². The van der Waals surface area contributed by atoms with E-state index in [-0.39, 0.29) is 16.9 Å². The molecular formula is C15H13FN2OS. The Balaban J connectivity index is 2.31. The minimum absolute atomic E-state index is 0.0338. The van der Waals surface area contributed by atoms with Crippen LogP contribution in [-0.2, 0) is 16.6 Å². The van der Waals surface area contributed by atoms with E-state index in [4.69, 9.17) is 11.0 Å². The Morgan fingerprint density at radius 3 is 2.75 bits per heavy atom. The third kappa shape index (κ3) is 2.86. The summed E-state index contributed by atoms with van der Waals surface area (Å²) in [5.74, 6) is -0.567. The molecule has 0 bridgehead atoms. The maximum atomic E-state index is 13.9. The van der Waals surface area contributed by atoms with Crippen molar-refractivity contribution in [3.8, 4) is 6.07 Å². The summed E-state index contributed by atoms with van der Waals surface area (Å²) in [5, 5.41) is 8.79. The molecule has 20 heavy (non-hydrogen) atoms. The Labute approximate surface area is 119 Å². The molecule has 2 aromatic carbocycles. The lowest BCUT2D eigenvalue weighted by atomic mass is 10.1. The van der Waals surface area contributed by atoms with Crippen molar-refractivity contribution in [2.75, 3.05) is 5.73 Å². The minimum Gasteiger partial charge on any atom is -0.399 e. The van der Waals surface area contributed by atoms with Crippen molar-refractivity contribution in [3.63, 3.8) is 0 Å². The lowest BCUT2D eigenvalue weighted by molar-refractivity contribution is 0.611. The number of hydrogen-bond donors (Lipinski definition) is 1. The summed E-state index contributed by atoms with van der Waals surface area (Å²) in [7, 11) is -1.38. The van der Waals surface area contributed by atoms with Gasteiger partial charge in [0.15, 0.2) is 0 Å². The van der Waals surface area contributed by atoms with Crippen LogP contribution in [0, 0.1) is 24.1 Å². The van der Waals surface area contributed by atoms with Crippen LogP contribution in [0.3, 0.4) is 0 Å². The number of hydrogen-bond acceptors (Lipinski definition) is 3. The Morgan fingerprint density at radius 1 is 1.35 bits per heavy atom. The molecule has 1 unspecified atom stereocenters. The van der Waals surface area contributed by atoms with Crippen molar-refractivity contribution in [1.29, 1.82) is 5.26 Å². The summed E-state index contributed by atoms with van der Waals surface area (Å²) in [4.78, 5) is 0.626. The fourth-order valence-electron chi connectivity index (χ4n) is 1.92. The smallest absolute Gasteiger partial charge is 0.145 e. The Morgan fingerprint density at radius 2 is 2.10 bits per heavy atom. The van der Waals surface area contributed by atoms with E-state index < -0.39 is 16.6 Å². The van der Waals surface area contributed by atoms with Gasteiger partial charge in [-0.3, -0.25) is 4.21 Å². The summed E-state index contributed by atoms with van der Waals surface area (Å²) < 4.78 is 26.3. The summed E-state index contributed by atoms with van der Waals surface area (Å²) >= 11 is 0. The van der Waals surface area contributed by atoms with Crippen LogP contribution in [0.4, 0.5) is 10.1 Å². The molecule has 0 aromatic heterocycles. The van der Waals surface area contributed by atoms with Crippen molar-refractivity contribution < 1.29 is 8.60 Å². The van der Waals surface area contributed by atoms with Crippen LogP contribution >= 0.6 is 0 Å². The number of aryl methyl sites for hydroxylation is 1. The Kier molecular flexibility index (Phi) is 4.16. The number of nitriles is 1. The molecule has 2 rings (SSSR count). The molecule has 0 aliphatic carbocycles. The average Bonchev–Trinajstić information content (AvgIpc) is 2.41. The second-order valence-electron chi connectivity index (χ2n) is 4.41. The highest BCUT2D eigenvalue weighted by molar-refractivity contribution is 7.84. The van der Waals surface area contributed by atoms with E-state index in [1.54, 1.807) is 36.4 Å². The van der Waals surface area contributed by atoms with Crippen molar-refractivity contribution in [2.24, 2.45) is 0 Å². The molecule has 5 heteroatoms. The number of nitrogen functional groups attached to an aromatic ring is 1. The first-order valence-electron chi connectivity index (χ1n) is 5.95. The maximum absolute atomic E-state index is 13.9. The van der Waals surface area contributed by atoms with Gasteiger partial charge >= 0.3 is 0 Å². The van der Waals surface area contributed by atoms with Crippen LogP contribution in [0.2, 0.25) is 0 Å². The first-order valence-corrected chi connectivity index (χ1v) is 7.27. The average molecular weight is 288 g/mol. The molecule has 102 valence electrons. The highest BCUT2D eigenvalue weighted by Gasteiger charge is 2.13. The molecule has 0 radical (unpaired) electrons. The summed E-state index contributed by atoms with van der Waals surface area (Å²) in [5.41, 5.74) is 7.29. The zero-order chi connectivity index (χ0) is 14.7. The van der Waals surface area contributed by atoms with Crippen LogP contribution in [0.25, 0.3) is 0 Å². The number of benzene rings is 2. The van der Waals surface area contributed by atoms with E-state index in [9.17, 15) is 8.60 Å². The SMILES string of the molecule is Cc1cc(N)ccc1S(=O)Cc1cccc(C#N)c1F. The molecule has 0 fully saturated rings. The molecule has 0 spiro atoms. The van der Waals surface area contributed by atoms with Crippen LogP contribution in [-0.4, -0.2) is 4.21 Å². The van der Waals surface area contributed by atoms with Gasteiger partial charge in [-0.05, 0) is 36.8 Å². The molecule has 0 saturated carbocycles. The molecule has 0 aliphatic heterocycles. The zero-order valence-corrected chi connectivity index (χ0v) is 11.7. The number of nitrogens with two attached hydrogens (primary N) is 1. The van der Waals surface area contributed by atoms with Gasteiger partial charge in [0.25, 0.3) is 0 Å². The minimum atomic E-state index is -1.38. The van der Waals surface area contributed by atoms with Crippen LogP contribution < -0.4 is 5.73 Å². The lowest BCUT2D eigenvalue weighted by Gasteiger charge is -2.08. The molecule has 3 nitrogen and oxygen atoms in total. The third-order valence-corrected chi connectivity index (χ3v) is 4.45. The Hall–Kier alpha value is -2.19. The summed E-state index contributed by atoms with van der Waals surface area (Å²) in [6.45, 7) is 1.81. The fourth-order valence-corrected chi connectivity index (χ4v) is 3.22. The van der Waals surface area contributed by atoms with Gasteiger partial charge in [0.05, 0.1) is 22.1 Å². The van der Waals surface area contributed by atoms with E-state index in [0.29, 0.717) is 10.6 Å². The van der Waals surface area contributed by atoms with Crippen molar-refractivity contribution in [3.05, 3.63) is 58.9 Å². The first kappa shape index (κ1) is 14.2. The van der Waals surface area contributed by atoms with Gasteiger partial charge in [0.1, 0.15) is 11.9 Å². The zero-order valence-electron chi connectivity index (χ0n) is 10.9. The van der Waals surface area contributed by atoms with Crippen LogP contribution in [0.1, 0.15) is 16.7 Å². The normalized spacial score (nSPS) is 11.8. The van der Waals surface area contributed by atoms with Gasteiger partial charge in [0.2, 0.25) is 0 Å². The summed E-state index contributed by atoms with van der Waals surface area (Å²) in [6.07, 6.45) is 0. The van der Waals surface area contributed by atoms with E-state index in [2.05, 4.69) is 0 Å². The summed E-state index contributed by atoms with van der Waals surface area (Å²) in [6, 6.07) is 11.4. The van der Waals surface area contributed by atoms with Crippen molar-refractivity contribution in [1.82, 2.24) is 0 Å².